The molecular formula is C16H23NO3. The first-order valence-electron chi connectivity index (χ1n) is 7.30. The topological polar surface area (TPSA) is 47.6 Å². The Morgan fingerprint density at radius 2 is 1.75 bits per heavy atom. The number of benzene rings is 1. The molecule has 1 aromatic rings. The van der Waals surface area contributed by atoms with Crippen molar-refractivity contribution in [2.75, 3.05) is 7.11 Å². The van der Waals surface area contributed by atoms with Gasteiger partial charge in [0.25, 0.3) is 5.91 Å². The van der Waals surface area contributed by atoms with E-state index in [2.05, 4.69) is 5.32 Å². The van der Waals surface area contributed by atoms with Crippen LogP contribution in [0.25, 0.3) is 0 Å². The summed E-state index contributed by atoms with van der Waals surface area (Å²) in [6, 6.07) is 7.58. The van der Waals surface area contributed by atoms with Gasteiger partial charge in [-0.15, -0.1) is 0 Å². The van der Waals surface area contributed by atoms with Crippen molar-refractivity contribution in [3.8, 4) is 11.5 Å². The van der Waals surface area contributed by atoms with Gasteiger partial charge in [0.1, 0.15) is 11.5 Å². The monoisotopic (exact) mass is 277 g/mol. The summed E-state index contributed by atoms with van der Waals surface area (Å²) in [6.07, 6.45) is 5.38. The highest BCUT2D eigenvalue weighted by Crippen LogP contribution is 2.19. The van der Waals surface area contributed by atoms with Crippen LogP contribution in [0.4, 0.5) is 0 Å². The van der Waals surface area contributed by atoms with Gasteiger partial charge in [-0.3, -0.25) is 4.79 Å². The molecule has 1 N–H and O–H groups in total. The van der Waals surface area contributed by atoms with E-state index in [1.807, 2.05) is 24.3 Å². The molecule has 1 atom stereocenters. The molecule has 1 aromatic carbocycles. The lowest BCUT2D eigenvalue weighted by molar-refractivity contribution is -0.128. The fourth-order valence-electron chi connectivity index (χ4n) is 2.48. The first kappa shape index (κ1) is 14.7. The number of hydrogen-bond acceptors (Lipinski definition) is 3. The summed E-state index contributed by atoms with van der Waals surface area (Å²) in [5, 5.41) is 3.07. The second kappa shape index (κ2) is 7.17. The van der Waals surface area contributed by atoms with Crippen LogP contribution < -0.4 is 14.8 Å². The van der Waals surface area contributed by atoms with Gasteiger partial charge in [0.2, 0.25) is 0 Å². The second-order valence-corrected chi connectivity index (χ2v) is 5.28. The maximum absolute atomic E-state index is 12.1. The molecule has 0 saturated heterocycles. The van der Waals surface area contributed by atoms with Crippen molar-refractivity contribution in [2.24, 2.45) is 0 Å². The maximum Gasteiger partial charge on any atom is 0.260 e. The number of rotatable bonds is 5. The number of carbonyl (C=O) groups is 1. The van der Waals surface area contributed by atoms with Crippen LogP contribution in [0.3, 0.4) is 0 Å². The minimum absolute atomic E-state index is 0.0345. The van der Waals surface area contributed by atoms with Crippen LogP contribution in [-0.2, 0) is 4.79 Å². The molecule has 20 heavy (non-hydrogen) atoms. The lowest BCUT2D eigenvalue weighted by atomic mass is 9.95. The quantitative estimate of drug-likeness (QED) is 0.900. The van der Waals surface area contributed by atoms with Crippen molar-refractivity contribution in [2.45, 2.75) is 51.2 Å². The summed E-state index contributed by atoms with van der Waals surface area (Å²) in [5.74, 6) is 1.42. The minimum Gasteiger partial charge on any atom is -0.497 e. The molecule has 1 aliphatic rings. The number of nitrogens with one attached hydrogen (secondary N) is 1. The normalized spacial score (nSPS) is 17.3. The summed E-state index contributed by atoms with van der Waals surface area (Å²) in [4.78, 5) is 12.1. The van der Waals surface area contributed by atoms with Crippen LogP contribution in [0.1, 0.15) is 39.0 Å². The van der Waals surface area contributed by atoms with Gasteiger partial charge in [-0.05, 0) is 44.0 Å². The zero-order valence-electron chi connectivity index (χ0n) is 12.2. The summed E-state index contributed by atoms with van der Waals surface area (Å²) in [5.41, 5.74) is 0. The van der Waals surface area contributed by atoms with Gasteiger partial charge in [-0.25, -0.2) is 0 Å². The second-order valence-electron chi connectivity index (χ2n) is 5.28. The molecule has 0 heterocycles. The van der Waals surface area contributed by atoms with Gasteiger partial charge < -0.3 is 14.8 Å². The molecule has 1 aliphatic carbocycles. The third-order valence-corrected chi connectivity index (χ3v) is 3.69. The third kappa shape index (κ3) is 4.15. The lowest BCUT2D eigenvalue weighted by Crippen LogP contribution is -2.43. The van der Waals surface area contributed by atoms with Crippen molar-refractivity contribution in [3.63, 3.8) is 0 Å². The van der Waals surface area contributed by atoms with Crippen LogP contribution in [0, 0.1) is 0 Å². The highest BCUT2D eigenvalue weighted by atomic mass is 16.5. The van der Waals surface area contributed by atoms with Crippen molar-refractivity contribution in [1.29, 1.82) is 0 Å². The summed E-state index contributed by atoms with van der Waals surface area (Å²) in [7, 11) is 1.62. The molecule has 0 aromatic heterocycles. The van der Waals surface area contributed by atoms with Gasteiger partial charge in [0, 0.05) is 6.04 Å². The Morgan fingerprint density at radius 3 is 2.35 bits per heavy atom. The Hall–Kier alpha value is -1.71. The smallest absolute Gasteiger partial charge is 0.260 e. The van der Waals surface area contributed by atoms with E-state index in [0.717, 1.165) is 18.6 Å². The molecule has 4 nitrogen and oxygen atoms in total. The zero-order valence-corrected chi connectivity index (χ0v) is 12.2. The molecule has 0 aliphatic heterocycles. The highest BCUT2D eigenvalue weighted by molar-refractivity contribution is 5.81. The molecule has 110 valence electrons. The van der Waals surface area contributed by atoms with Crippen molar-refractivity contribution in [3.05, 3.63) is 24.3 Å². The van der Waals surface area contributed by atoms with Crippen LogP contribution in [0.2, 0.25) is 0 Å². The van der Waals surface area contributed by atoms with Gasteiger partial charge >= 0.3 is 0 Å². The highest BCUT2D eigenvalue weighted by Gasteiger charge is 2.20. The van der Waals surface area contributed by atoms with E-state index in [4.69, 9.17) is 9.47 Å². The largest absolute Gasteiger partial charge is 0.497 e. The van der Waals surface area contributed by atoms with E-state index in [0.29, 0.717) is 11.8 Å². The van der Waals surface area contributed by atoms with Crippen LogP contribution in [-0.4, -0.2) is 25.2 Å². The van der Waals surface area contributed by atoms with E-state index in [1.165, 1.54) is 19.3 Å². The number of hydrogen-bond donors (Lipinski definition) is 1. The van der Waals surface area contributed by atoms with Crippen molar-refractivity contribution < 1.29 is 14.3 Å². The standard InChI is InChI=1S/C16H23NO3/c1-12(16(18)17-13-6-4-3-5-7-13)20-15-10-8-14(19-2)9-11-15/h8-13H,3-7H2,1-2H3,(H,17,18)/t12-/m1/s1. The van der Waals surface area contributed by atoms with Crippen LogP contribution >= 0.6 is 0 Å². The van der Waals surface area contributed by atoms with E-state index in [1.54, 1.807) is 14.0 Å². The molecule has 0 unspecified atom stereocenters. The average Bonchev–Trinajstić information content (AvgIpc) is 2.49. The first-order chi connectivity index (χ1) is 9.69. The molecule has 2 rings (SSSR count). The Morgan fingerprint density at radius 1 is 1.15 bits per heavy atom. The molecule has 0 spiro atoms. The van der Waals surface area contributed by atoms with Gasteiger partial charge in [-0.1, -0.05) is 19.3 Å². The molecule has 4 heteroatoms. The lowest BCUT2D eigenvalue weighted by Gasteiger charge is -2.24. The average molecular weight is 277 g/mol. The Labute approximate surface area is 120 Å². The van der Waals surface area contributed by atoms with Crippen molar-refractivity contribution in [1.82, 2.24) is 5.32 Å². The van der Waals surface area contributed by atoms with Crippen molar-refractivity contribution >= 4 is 5.91 Å². The molecular weight excluding hydrogens is 254 g/mol. The summed E-state index contributed by atoms with van der Waals surface area (Å²) < 4.78 is 10.7. The summed E-state index contributed by atoms with van der Waals surface area (Å²) in [6.45, 7) is 1.78. The predicted molar refractivity (Wildman–Crippen MR) is 78.1 cm³/mol. The van der Waals surface area contributed by atoms with Gasteiger partial charge in [0.05, 0.1) is 7.11 Å². The third-order valence-electron chi connectivity index (χ3n) is 3.69. The van der Waals surface area contributed by atoms with E-state index in [9.17, 15) is 4.79 Å². The fourth-order valence-corrected chi connectivity index (χ4v) is 2.48. The Kier molecular flexibility index (Phi) is 5.27. The Bertz CT molecular complexity index is 424. The predicted octanol–water partition coefficient (Wildman–Crippen LogP) is 2.91. The van der Waals surface area contributed by atoms with E-state index >= 15 is 0 Å². The molecule has 0 radical (unpaired) electrons. The van der Waals surface area contributed by atoms with Gasteiger partial charge in [0.15, 0.2) is 6.10 Å². The number of ether oxygens (including phenoxy) is 2. The number of carbonyl (C=O) groups excluding carboxylic acids is 1. The van der Waals surface area contributed by atoms with Gasteiger partial charge in [-0.2, -0.15) is 0 Å². The molecule has 1 amide bonds. The molecule has 1 fully saturated rings. The van der Waals surface area contributed by atoms with Crippen LogP contribution in [0.15, 0.2) is 24.3 Å². The SMILES string of the molecule is COc1ccc(O[C@H](C)C(=O)NC2CCCCC2)cc1. The van der Waals surface area contributed by atoms with E-state index < -0.39 is 6.10 Å². The first-order valence-corrected chi connectivity index (χ1v) is 7.30. The van der Waals surface area contributed by atoms with Crippen LogP contribution in [0.5, 0.6) is 11.5 Å². The minimum atomic E-state index is -0.481. The molecule has 1 saturated carbocycles. The summed E-state index contributed by atoms with van der Waals surface area (Å²) >= 11 is 0. The fraction of sp³-hybridized carbons (Fsp3) is 0.562. The molecule has 0 bridgehead atoms. The maximum atomic E-state index is 12.1. The number of amides is 1. The van der Waals surface area contributed by atoms with E-state index in [-0.39, 0.29) is 5.91 Å². The Balaban J connectivity index is 1.83. The zero-order chi connectivity index (χ0) is 14.4. The number of methoxy groups -OCH3 is 1.